The fraction of sp³-hybridized carbons (Fsp3) is 0.619. The summed E-state index contributed by atoms with van der Waals surface area (Å²) in [4.78, 5) is 29.7. The Morgan fingerprint density at radius 2 is 1.80 bits per heavy atom. The van der Waals surface area contributed by atoms with E-state index in [1.54, 1.807) is 6.07 Å². The molecule has 2 aliphatic heterocycles. The van der Waals surface area contributed by atoms with E-state index in [9.17, 15) is 9.59 Å². The van der Waals surface area contributed by atoms with Gasteiger partial charge in [-0.3, -0.25) is 9.59 Å². The van der Waals surface area contributed by atoms with Crippen molar-refractivity contribution in [2.45, 2.75) is 58.4 Å². The van der Waals surface area contributed by atoms with Gasteiger partial charge in [-0.25, -0.2) is 0 Å². The highest BCUT2D eigenvalue weighted by Gasteiger charge is 2.27. The van der Waals surface area contributed by atoms with Gasteiger partial charge in [0.15, 0.2) is 0 Å². The zero-order chi connectivity index (χ0) is 17.8. The molecule has 1 aromatic rings. The summed E-state index contributed by atoms with van der Waals surface area (Å²) in [7, 11) is 0. The van der Waals surface area contributed by atoms with Gasteiger partial charge >= 0.3 is 0 Å². The largest absolute Gasteiger partial charge is 0.338 e. The molecule has 0 aliphatic carbocycles. The minimum atomic E-state index is 0.0619. The normalized spacial score (nSPS) is 24.2. The molecular weight excluding hydrogens is 312 g/mol. The summed E-state index contributed by atoms with van der Waals surface area (Å²) in [5.41, 5.74) is 1.29. The Kier molecular flexibility index (Phi) is 5.77. The Morgan fingerprint density at radius 3 is 2.52 bits per heavy atom. The van der Waals surface area contributed by atoms with Crippen LogP contribution in [0.2, 0.25) is 0 Å². The lowest BCUT2D eigenvalue weighted by atomic mass is 9.97. The Balaban J connectivity index is 1.76. The summed E-state index contributed by atoms with van der Waals surface area (Å²) < 4.78 is 0. The van der Waals surface area contributed by atoms with Crippen LogP contribution in [0, 0.1) is 5.92 Å². The highest BCUT2D eigenvalue weighted by atomic mass is 16.2. The summed E-state index contributed by atoms with van der Waals surface area (Å²) in [6, 6.07) is 7.67. The van der Waals surface area contributed by atoms with Gasteiger partial charge in [-0.15, -0.1) is 0 Å². The second kappa shape index (κ2) is 8.03. The van der Waals surface area contributed by atoms with Gasteiger partial charge in [0.25, 0.3) is 11.8 Å². The predicted octanol–water partition coefficient (Wildman–Crippen LogP) is 3.96. The molecule has 0 spiro atoms. The quantitative estimate of drug-likeness (QED) is 0.834. The summed E-state index contributed by atoms with van der Waals surface area (Å²) in [5.74, 6) is 0.696. The molecule has 4 heteroatoms. The Morgan fingerprint density at radius 1 is 1.04 bits per heavy atom. The molecule has 2 amide bonds. The van der Waals surface area contributed by atoms with E-state index >= 15 is 0 Å². The molecule has 1 aromatic carbocycles. The summed E-state index contributed by atoms with van der Waals surface area (Å²) in [6.45, 7) is 6.82. The van der Waals surface area contributed by atoms with E-state index < -0.39 is 0 Å². The van der Waals surface area contributed by atoms with Crippen LogP contribution < -0.4 is 0 Å². The van der Waals surface area contributed by atoms with Crippen molar-refractivity contribution in [2.75, 3.05) is 19.6 Å². The van der Waals surface area contributed by atoms with Gasteiger partial charge in [-0.05, 0) is 62.6 Å². The molecule has 2 aliphatic rings. The van der Waals surface area contributed by atoms with Crippen LogP contribution in [0.5, 0.6) is 0 Å². The van der Waals surface area contributed by atoms with Gasteiger partial charge in [0.1, 0.15) is 0 Å². The van der Waals surface area contributed by atoms with Crippen molar-refractivity contribution in [3.05, 3.63) is 35.4 Å². The molecule has 0 N–H and O–H groups in total. The highest BCUT2D eigenvalue weighted by molar-refractivity contribution is 5.99. The average molecular weight is 342 g/mol. The van der Waals surface area contributed by atoms with E-state index in [1.807, 2.05) is 28.0 Å². The van der Waals surface area contributed by atoms with Crippen LogP contribution in [0.15, 0.2) is 24.3 Å². The molecule has 136 valence electrons. The first-order valence-corrected chi connectivity index (χ1v) is 9.80. The van der Waals surface area contributed by atoms with Gasteiger partial charge in [-0.2, -0.15) is 0 Å². The molecule has 3 rings (SSSR count). The highest BCUT2D eigenvalue weighted by Crippen LogP contribution is 2.23. The number of carbonyl (C=O) groups is 2. The van der Waals surface area contributed by atoms with E-state index in [0.717, 1.165) is 45.3 Å². The molecule has 0 aromatic heterocycles. The fourth-order valence-corrected chi connectivity index (χ4v) is 4.20. The predicted molar refractivity (Wildman–Crippen MR) is 99.7 cm³/mol. The SMILES string of the molecule is CCC1CCCCN1C(=O)c1cccc(C(=O)N2CCCC(C)C2)c1. The first-order chi connectivity index (χ1) is 12.1. The fourth-order valence-electron chi connectivity index (χ4n) is 4.20. The summed E-state index contributed by atoms with van der Waals surface area (Å²) >= 11 is 0. The number of carbonyl (C=O) groups excluding carboxylic acids is 2. The van der Waals surface area contributed by atoms with Crippen LogP contribution in [0.1, 0.15) is 73.1 Å². The number of rotatable bonds is 3. The zero-order valence-electron chi connectivity index (χ0n) is 15.5. The van der Waals surface area contributed by atoms with Crippen molar-refractivity contribution in [3.63, 3.8) is 0 Å². The van der Waals surface area contributed by atoms with Crippen LogP contribution in [-0.2, 0) is 0 Å². The average Bonchev–Trinajstić information content (AvgIpc) is 2.67. The van der Waals surface area contributed by atoms with Gasteiger partial charge in [0, 0.05) is 36.8 Å². The number of hydrogen-bond acceptors (Lipinski definition) is 2. The Hall–Kier alpha value is -1.84. The summed E-state index contributed by atoms with van der Waals surface area (Å²) in [6.07, 6.45) is 6.62. The Bertz CT molecular complexity index is 628. The molecule has 0 bridgehead atoms. The topological polar surface area (TPSA) is 40.6 Å². The monoisotopic (exact) mass is 342 g/mol. The molecule has 2 saturated heterocycles. The molecular formula is C21H30N2O2. The third kappa shape index (κ3) is 4.05. The lowest BCUT2D eigenvalue weighted by Crippen LogP contribution is -2.43. The van der Waals surface area contributed by atoms with E-state index in [-0.39, 0.29) is 11.8 Å². The van der Waals surface area contributed by atoms with E-state index in [0.29, 0.717) is 23.1 Å². The van der Waals surface area contributed by atoms with Crippen molar-refractivity contribution in [1.29, 1.82) is 0 Å². The first-order valence-electron chi connectivity index (χ1n) is 9.80. The van der Waals surface area contributed by atoms with Crippen LogP contribution in [0.4, 0.5) is 0 Å². The maximum atomic E-state index is 13.0. The van der Waals surface area contributed by atoms with Gasteiger partial charge in [0.2, 0.25) is 0 Å². The lowest BCUT2D eigenvalue weighted by Gasteiger charge is -2.35. The molecule has 25 heavy (non-hydrogen) atoms. The van der Waals surface area contributed by atoms with Crippen LogP contribution >= 0.6 is 0 Å². The number of piperidine rings is 2. The van der Waals surface area contributed by atoms with Gasteiger partial charge in [0.05, 0.1) is 0 Å². The molecule has 2 atom stereocenters. The second-order valence-electron chi connectivity index (χ2n) is 7.64. The summed E-state index contributed by atoms with van der Waals surface area (Å²) in [5, 5.41) is 0. The number of benzene rings is 1. The van der Waals surface area contributed by atoms with Crippen molar-refractivity contribution in [1.82, 2.24) is 9.80 Å². The number of amides is 2. The van der Waals surface area contributed by atoms with Crippen molar-refractivity contribution < 1.29 is 9.59 Å². The zero-order valence-corrected chi connectivity index (χ0v) is 15.5. The Labute approximate surface area is 151 Å². The standard InChI is InChI=1S/C21H30N2O2/c1-3-19-11-4-5-13-23(19)21(25)18-10-6-9-17(14-18)20(24)22-12-7-8-16(2)15-22/h6,9-10,14,16,19H,3-5,7-8,11-13,15H2,1-2H3. The number of hydrogen-bond donors (Lipinski definition) is 0. The maximum absolute atomic E-state index is 13.0. The smallest absolute Gasteiger partial charge is 0.254 e. The third-order valence-corrected chi connectivity index (χ3v) is 5.66. The minimum Gasteiger partial charge on any atom is -0.338 e. The minimum absolute atomic E-state index is 0.0619. The molecule has 4 nitrogen and oxygen atoms in total. The lowest BCUT2D eigenvalue weighted by molar-refractivity contribution is 0.0608. The molecule has 2 heterocycles. The molecule has 2 fully saturated rings. The van der Waals surface area contributed by atoms with E-state index in [2.05, 4.69) is 13.8 Å². The van der Waals surface area contributed by atoms with Crippen LogP contribution in [0.25, 0.3) is 0 Å². The third-order valence-electron chi connectivity index (χ3n) is 5.66. The second-order valence-corrected chi connectivity index (χ2v) is 7.64. The first kappa shape index (κ1) is 18.0. The van der Waals surface area contributed by atoms with Crippen LogP contribution in [0.3, 0.4) is 0 Å². The van der Waals surface area contributed by atoms with Gasteiger partial charge < -0.3 is 9.80 Å². The van der Waals surface area contributed by atoms with E-state index in [4.69, 9.17) is 0 Å². The molecule has 0 saturated carbocycles. The van der Waals surface area contributed by atoms with Crippen molar-refractivity contribution >= 4 is 11.8 Å². The van der Waals surface area contributed by atoms with Crippen molar-refractivity contribution in [3.8, 4) is 0 Å². The molecule has 0 radical (unpaired) electrons. The number of nitrogens with zero attached hydrogens (tertiary/aromatic N) is 2. The maximum Gasteiger partial charge on any atom is 0.254 e. The van der Waals surface area contributed by atoms with Crippen molar-refractivity contribution in [2.24, 2.45) is 5.92 Å². The molecule has 2 unspecified atom stereocenters. The number of likely N-dealkylation sites (tertiary alicyclic amines) is 2. The van der Waals surface area contributed by atoms with Crippen LogP contribution in [-0.4, -0.2) is 47.3 Å². The van der Waals surface area contributed by atoms with E-state index in [1.165, 1.54) is 12.8 Å². The van der Waals surface area contributed by atoms with Gasteiger partial charge in [-0.1, -0.05) is 19.9 Å².